The summed E-state index contributed by atoms with van der Waals surface area (Å²) < 4.78 is 0. The zero-order valence-electron chi connectivity index (χ0n) is 8.30. The van der Waals surface area contributed by atoms with Crippen molar-refractivity contribution in [1.82, 2.24) is 0 Å². The van der Waals surface area contributed by atoms with E-state index in [1.54, 1.807) is 13.0 Å². The quantitative estimate of drug-likeness (QED) is 0.520. The molecule has 0 spiro atoms. The predicted molar refractivity (Wildman–Crippen MR) is 60.6 cm³/mol. The molecule has 0 saturated carbocycles. The van der Waals surface area contributed by atoms with Gasteiger partial charge >= 0.3 is 5.97 Å². The zero-order valence-corrected chi connectivity index (χ0v) is 9.12. The van der Waals surface area contributed by atoms with Gasteiger partial charge in [0.2, 0.25) is 0 Å². The van der Waals surface area contributed by atoms with Crippen LogP contribution in [0.25, 0.3) is 0 Å². The lowest BCUT2D eigenvalue weighted by Gasteiger charge is -2.02. The molecule has 15 heavy (non-hydrogen) atoms. The molecule has 0 aliphatic carbocycles. The number of hydrogen-bond donors (Lipinski definition) is 3. The van der Waals surface area contributed by atoms with E-state index in [1.165, 1.54) is 11.3 Å². The Morgan fingerprint density at radius 2 is 2.33 bits per heavy atom. The number of carbonyl (C=O) groups is 1. The molecule has 0 aromatic carbocycles. The van der Waals surface area contributed by atoms with Crippen LogP contribution in [0.1, 0.15) is 11.8 Å². The molecule has 0 aliphatic heterocycles. The minimum absolute atomic E-state index is 0.319. The molecule has 1 heterocycles. The highest BCUT2D eigenvalue weighted by Crippen LogP contribution is 2.25. The molecule has 1 aromatic rings. The number of nitrogens with zero attached hydrogens (tertiary/aromatic N) is 1. The number of carboxylic acid groups (broad SMARTS) is 1. The normalized spacial score (nSPS) is 13.9. The average Bonchev–Trinajstić information content (AvgIpc) is 2.51. The molecule has 0 radical (unpaired) electrons. The molecule has 5 nitrogen and oxygen atoms in total. The number of aliphatic carboxylic acids is 1. The topological polar surface area (TPSA) is 102 Å². The molecule has 0 saturated heterocycles. The number of amidine groups is 1. The summed E-state index contributed by atoms with van der Waals surface area (Å²) in [4.78, 5) is 15.5. The maximum absolute atomic E-state index is 10.5. The summed E-state index contributed by atoms with van der Waals surface area (Å²) in [5.41, 5.74) is 10.8. The molecule has 1 aromatic heterocycles. The van der Waals surface area contributed by atoms with Crippen LogP contribution in [0, 0.1) is 0 Å². The zero-order chi connectivity index (χ0) is 11.4. The van der Waals surface area contributed by atoms with E-state index in [1.807, 2.05) is 6.07 Å². The van der Waals surface area contributed by atoms with Crippen LogP contribution in [0.3, 0.4) is 0 Å². The van der Waals surface area contributed by atoms with Gasteiger partial charge in [-0.3, -0.25) is 4.79 Å². The molecule has 0 fully saturated rings. The van der Waals surface area contributed by atoms with E-state index >= 15 is 0 Å². The molecular formula is C9H13N3O2S. The molecule has 82 valence electrons. The monoisotopic (exact) mass is 227 g/mol. The minimum Gasteiger partial charge on any atom is -0.480 e. The Morgan fingerprint density at radius 1 is 1.67 bits per heavy atom. The van der Waals surface area contributed by atoms with Gasteiger partial charge in [0.15, 0.2) is 0 Å². The number of aliphatic imine (C=N–C) groups is 1. The van der Waals surface area contributed by atoms with Crippen LogP contribution >= 0.6 is 11.3 Å². The van der Waals surface area contributed by atoms with E-state index in [0.29, 0.717) is 12.3 Å². The number of thiophene rings is 1. The lowest BCUT2D eigenvalue weighted by atomic mass is 10.2. The first-order valence-electron chi connectivity index (χ1n) is 4.37. The van der Waals surface area contributed by atoms with Gasteiger partial charge in [0.05, 0.1) is 5.84 Å². The second-order valence-corrected chi connectivity index (χ2v) is 4.29. The summed E-state index contributed by atoms with van der Waals surface area (Å²) in [6, 6.07) is 2.75. The fourth-order valence-electron chi connectivity index (χ4n) is 1.01. The Hall–Kier alpha value is -1.40. The van der Waals surface area contributed by atoms with Crippen molar-refractivity contribution in [2.75, 3.05) is 0 Å². The van der Waals surface area contributed by atoms with Crippen LogP contribution in [0.5, 0.6) is 0 Å². The van der Waals surface area contributed by atoms with Gasteiger partial charge in [-0.2, -0.15) is 0 Å². The summed E-state index contributed by atoms with van der Waals surface area (Å²) in [6.07, 6.45) is 0.319. The van der Waals surface area contributed by atoms with Crippen LogP contribution in [0.15, 0.2) is 17.1 Å². The molecule has 6 heteroatoms. The summed E-state index contributed by atoms with van der Waals surface area (Å²) in [7, 11) is 0. The van der Waals surface area contributed by atoms with Gasteiger partial charge in [-0.15, -0.1) is 11.3 Å². The van der Waals surface area contributed by atoms with Crippen LogP contribution in [-0.2, 0) is 11.2 Å². The lowest BCUT2D eigenvalue weighted by Crippen LogP contribution is -2.31. The fourth-order valence-corrected chi connectivity index (χ4v) is 2.01. The fraction of sp³-hybridized carbons (Fsp3) is 0.333. The number of nitrogens with two attached hydrogens (primary N) is 2. The Balaban J connectivity index is 2.69. The third-order valence-corrected chi connectivity index (χ3v) is 2.67. The maximum atomic E-state index is 10.5. The predicted octanol–water partition coefficient (Wildman–Crippen LogP) is 0.711. The van der Waals surface area contributed by atoms with E-state index < -0.39 is 12.0 Å². The maximum Gasteiger partial charge on any atom is 0.320 e. The van der Waals surface area contributed by atoms with E-state index in [0.717, 1.165) is 9.88 Å². The third-order valence-electron chi connectivity index (χ3n) is 1.67. The van der Waals surface area contributed by atoms with Crippen molar-refractivity contribution in [2.45, 2.75) is 19.4 Å². The summed E-state index contributed by atoms with van der Waals surface area (Å²) in [6.45, 7) is 1.70. The molecule has 1 unspecified atom stereocenters. The third kappa shape index (κ3) is 3.69. The van der Waals surface area contributed by atoms with E-state index in [-0.39, 0.29) is 0 Å². The first-order chi connectivity index (χ1) is 6.99. The van der Waals surface area contributed by atoms with E-state index in [9.17, 15) is 4.79 Å². The molecule has 0 aliphatic rings. The van der Waals surface area contributed by atoms with Gasteiger partial charge in [0, 0.05) is 11.3 Å². The molecular weight excluding hydrogens is 214 g/mol. The molecule has 1 atom stereocenters. The highest BCUT2D eigenvalue weighted by molar-refractivity contribution is 7.15. The van der Waals surface area contributed by atoms with Crippen LogP contribution in [0.4, 0.5) is 5.00 Å². The van der Waals surface area contributed by atoms with Crippen molar-refractivity contribution in [1.29, 1.82) is 0 Å². The van der Waals surface area contributed by atoms with E-state index in [2.05, 4.69) is 4.99 Å². The van der Waals surface area contributed by atoms with Gasteiger partial charge in [-0.05, 0) is 19.1 Å². The Bertz CT molecular complexity index is 382. The molecule has 0 amide bonds. The van der Waals surface area contributed by atoms with Gasteiger partial charge in [0.25, 0.3) is 0 Å². The average molecular weight is 227 g/mol. The lowest BCUT2D eigenvalue weighted by molar-refractivity contribution is -0.138. The smallest absolute Gasteiger partial charge is 0.320 e. The van der Waals surface area contributed by atoms with Gasteiger partial charge in [-0.1, -0.05) is 0 Å². The van der Waals surface area contributed by atoms with Crippen molar-refractivity contribution < 1.29 is 9.90 Å². The van der Waals surface area contributed by atoms with Gasteiger partial charge in [-0.25, -0.2) is 4.99 Å². The first-order valence-corrected chi connectivity index (χ1v) is 5.18. The number of carboxylic acids is 1. The minimum atomic E-state index is -0.997. The number of hydrogen-bond acceptors (Lipinski definition) is 4. The summed E-state index contributed by atoms with van der Waals surface area (Å²) >= 11 is 1.40. The van der Waals surface area contributed by atoms with E-state index in [4.69, 9.17) is 16.6 Å². The Kier molecular flexibility index (Phi) is 3.81. The number of rotatable bonds is 4. The van der Waals surface area contributed by atoms with Crippen molar-refractivity contribution in [3.05, 3.63) is 17.0 Å². The van der Waals surface area contributed by atoms with Crippen molar-refractivity contribution in [3.8, 4) is 0 Å². The molecule has 1 rings (SSSR count). The molecule has 0 bridgehead atoms. The second kappa shape index (κ2) is 4.90. The Labute approximate surface area is 91.4 Å². The first kappa shape index (κ1) is 11.7. The van der Waals surface area contributed by atoms with Crippen LogP contribution in [0.2, 0.25) is 0 Å². The highest BCUT2D eigenvalue weighted by atomic mass is 32.1. The summed E-state index contributed by atoms with van der Waals surface area (Å²) in [5.74, 6) is -0.519. The Morgan fingerprint density at radius 3 is 2.87 bits per heavy atom. The second-order valence-electron chi connectivity index (χ2n) is 3.14. The molecule has 5 N–H and O–H groups in total. The van der Waals surface area contributed by atoms with Crippen molar-refractivity contribution >= 4 is 28.1 Å². The van der Waals surface area contributed by atoms with Crippen molar-refractivity contribution in [3.63, 3.8) is 0 Å². The standard InChI is InChI=1S/C9H13N3O2S/c1-5(10)12-8-3-2-6(15-8)4-7(11)9(13)14/h2-3,7H,4,11H2,1H3,(H2,10,12)(H,13,14). The summed E-state index contributed by atoms with van der Waals surface area (Å²) in [5, 5.41) is 9.39. The van der Waals surface area contributed by atoms with Gasteiger partial charge in [0.1, 0.15) is 11.0 Å². The SMILES string of the molecule is CC(N)=Nc1ccc(CC(N)C(=O)O)s1. The van der Waals surface area contributed by atoms with Crippen LogP contribution in [-0.4, -0.2) is 23.0 Å². The van der Waals surface area contributed by atoms with Crippen molar-refractivity contribution in [2.24, 2.45) is 16.5 Å². The van der Waals surface area contributed by atoms with Crippen LogP contribution < -0.4 is 11.5 Å². The largest absolute Gasteiger partial charge is 0.480 e. The highest BCUT2D eigenvalue weighted by Gasteiger charge is 2.13. The van der Waals surface area contributed by atoms with Gasteiger partial charge < -0.3 is 16.6 Å².